The number of carbonyl (C=O) groups excluding carboxylic acids is 1. The van der Waals surface area contributed by atoms with E-state index in [2.05, 4.69) is 20.6 Å². The Bertz CT molecular complexity index is 993. The van der Waals surface area contributed by atoms with E-state index in [1.807, 2.05) is 30.3 Å². The third kappa shape index (κ3) is 7.35. The Labute approximate surface area is 197 Å². The van der Waals surface area contributed by atoms with Gasteiger partial charge < -0.3 is 20.8 Å². The Morgan fingerprint density at radius 1 is 1.16 bits per heavy atom. The van der Waals surface area contributed by atoms with Gasteiger partial charge in [0.2, 0.25) is 11.8 Å². The summed E-state index contributed by atoms with van der Waals surface area (Å²) in [7, 11) is 1.63. The fourth-order valence-electron chi connectivity index (χ4n) is 2.89. The van der Waals surface area contributed by atoms with Crippen molar-refractivity contribution in [3.63, 3.8) is 0 Å². The molecule has 0 saturated heterocycles. The average molecular weight is 537 g/mol. The lowest BCUT2D eigenvalue weighted by Gasteiger charge is -2.17. The van der Waals surface area contributed by atoms with Crippen LogP contribution in [0.5, 0.6) is 0 Å². The summed E-state index contributed by atoms with van der Waals surface area (Å²) in [6, 6.07) is 15.6. The summed E-state index contributed by atoms with van der Waals surface area (Å²) in [4.78, 5) is 20.4. The van der Waals surface area contributed by atoms with Gasteiger partial charge in [0.25, 0.3) is 0 Å². The Balaban J connectivity index is 0.00000341. The molecule has 3 rings (SSSR count). The number of nitrogens with zero attached hydrogens (tertiary/aromatic N) is 2. The van der Waals surface area contributed by atoms with Crippen LogP contribution in [-0.2, 0) is 17.8 Å². The van der Waals surface area contributed by atoms with E-state index < -0.39 is 11.8 Å². The largest absolute Gasteiger partial charge is 0.444 e. The molecule has 31 heavy (non-hydrogen) atoms. The van der Waals surface area contributed by atoms with Gasteiger partial charge in [-0.2, -0.15) is 0 Å². The summed E-state index contributed by atoms with van der Waals surface area (Å²) in [6.45, 7) is 0.690. The van der Waals surface area contributed by atoms with E-state index in [0.717, 1.165) is 16.8 Å². The molecule has 164 valence electrons. The SMILES string of the molecule is CN=C(NCc1coc(-c2ccccc2)n1)NCC(Cc1ccc(F)cc1)C(N)=O.I. The average Bonchev–Trinajstić information content (AvgIpc) is 3.24. The number of hydrogen-bond donors (Lipinski definition) is 3. The van der Waals surface area contributed by atoms with Crippen molar-refractivity contribution in [1.82, 2.24) is 15.6 Å². The number of carbonyl (C=O) groups is 1. The molecule has 0 aliphatic carbocycles. The van der Waals surface area contributed by atoms with E-state index >= 15 is 0 Å². The van der Waals surface area contributed by atoms with Crippen LogP contribution in [0.2, 0.25) is 0 Å². The van der Waals surface area contributed by atoms with Crippen molar-refractivity contribution in [1.29, 1.82) is 0 Å². The lowest BCUT2D eigenvalue weighted by molar-refractivity contribution is -0.121. The van der Waals surface area contributed by atoms with Crippen molar-refractivity contribution in [2.45, 2.75) is 13.0 Å². The maximum Gasteiger partial charge on any atom is 0.226 e. The maximum atomic E-state index is 13.1. The molecule has 4 N–H and O–H groups in total. The first-order valence-corrected chi connectivity index (χ1v) is 9.53. The normalized spacial score (nSPS) is 12.0. The van der Waals surface area contributed by atoms with Gasteiger partial charge in [-0.1, -0.05) is 30.3 Å². The molecule has 9 heteroatoms. The molecule has 1 unspecified atom stereocenters. The fourth-order valence-corrected chi connectivity index (χ4v) is 2.89. The third-order valence-corrected chi connectivity index (χ3v) is 4.55. The van der Waals surface area contributed by atoms with Gasteiger partial charge in [0.15, 0.2) is 5.96 Å². The minimum atomic E-state index is -0.467. The van der Waals surface area contributed by atoms with Crippen LogP contribution >= 0.6 is 24.0 Å². The van der Waals surface area contributed by atoms with E-state index in [4.69, 9.17) is 10.2 Å². The number of amides is 1. The summed E-state index contributed by atoms with van der Waals surface area (Å²) >= 11 is 0. The number of nitrogens with two attached hydrogens (primary N) is 1. The zero-order chi connectivity index (χ0) is 21.3. The van der Waals surface area contributed by atoms with Gasteiger partial charge in [-0.15, -0.1) is 24.0 Å². The van der Waals surface area contributed by atoms with E-state index in [-0.39, 0.29) is 29.8 Å². The van der Waals surface area contributed by atoms with Crippen LogP contribution in [0.1, 0.15) is 11.3 Å². The molecule has 1 aromatic heterocycles. The van der Waals surface area contributed by atoms with Crippen LogP contribution in [0.15, 0.2) is 70.3 Å². The highest BCUT2D eigenvalue weighted by Crippen LogP contribution is 2.17. The summed E-state index contributed by atoms with van der Waals surface area (Å²) in [5.74, 6) is -0.175. The molecule has 0 aliphatic rings. The van der Waals surface area contributed by atoms with Crippen LogP contribution in [0.3, 0.4) is 0 Å². The summed E-state index contributed by atoms with van der Waals surface area (Å²) in [6.07, 6.45) is 1.99. The Kier molecular flexibility index (Phi) is 9.44. The number of hydrogen-bond acceptors (Lipinski definition) is 4. The Morgan fingerprint density at radius 2 is 1.87 bits per heavy atom. The monoisotopic (exact) mass is 537 g/mol. The second-order valence-electron chi connectivity index (χ2n) is 6.75. The second-order valence-corrected chi connectivity index (χ2v) is 6.75. The molecule has 2 aromatic carbocycles. The van der Waals surface area contributed by atoms with Crippen LogP contribution in [0.4, 0.5) is 4.39 Å². The second kappa shape index (κ2) is 12.0. The smallest absolute Gasteiger partial charge is 0.226 e. The number of aromatic nitrogens is 1. The van der Waals surface area contributed by atoms with Crippen LogP contribution in [0.25, 0.3) is 11.5 Å². The first kappa shape index (κ1) is 24.3. The first-order chi connectivity index (χ1) is 14.5. The lowest BCUT2D eigenvalue weighted by atomic mass is 9.98. The van der Waals surface area contributed by atoms with Crippen molar-refractivity contribution < 1.29 is 13.6 Å². The molecule has 0 saturated carbocycles. The predicted octanol–water partition coefficient (Wildman–Crippen LogP) is 3.11. The molecular formula is C22H25FIN5O2. The number of halogens is 2. The molecule has 1 atom stereocenters. The van der Waals surface area contributed by atoms with Gasteiger partial charge in [0.05, 0.1) is 18.2 Å². The molecule has 1 amide bonds. The van der Waals surface area contributed by atoms with Gasteiger partial charge in [0, 0.05) is 19.2 Å². The van der Waals surface area contributed by atoms with E-state index in [0.29, 0.717) is 31.4 Å². The molecule has 1 heterocycles. The molecule has 7 nitrogen and oxygen atoms in total. The van der Waals surface area contributed by atoms with Gasteiger partial charge in [0.1, 0.15) is 12.1 Å². The van der Waals surface area contributed by atoms with Crippen molar-refractivity contribution in [3.05, 3.63) is 77.9 Å². The highest BCUT2D eigenvalue weighted by Gasteiger charge is 2.17. The number of benzene rings is 2. The first-order valence-electron chi connectivity index (χ1n) is 9.53. The highest BCUT2D eigenvalue weighted by atomic mass is 127. The lowest BCUT2D eigenvalue weighted by Crippen LogP contribution is -2.42. The molecule has 0 spiro atoms. The van der Waals surface area contributed by atoms with Crippen LogP contribution < -0.4 is 16.4 Å². The highest BCUT2D eigenvalue weighted by molar-refractivity contribution is 14.0. The maximum absolute atomic E-state index is 13.1. The molecule has 3 aromatic rings. The summed E-state index contributed by atoms with van der Waals surface area (Å²) in [5, 5.41) is 6.23. The van der Waals surface area contributed by atoms with Gasteiger partial charge in [-0.25, -0.2) is 9.37 Å². The van der Waals surface area contributed by atoms with Gasteiger partial charge in [-0.05, 0) is 36.2 Å². The minimum absolute atomic E-state index is 0. The number of guanidine groups is 1. The minimum Gasteiger partial charge on any atom is -0.444 e. The standard InChI is InChI=1S/C22H24FN5O2.HI/c1-25-22(26-12-17(20(24)29)11-15-7-9-18(23)10-8-15)27-13-19-14-30-21(28-19)16-5-3-2-4-6-16;/h2-10,14,17H,11-13H2,1H3,(H2,24,29)(H2,25,26,27);1H. The van der Waals surface area contributed by atoms with Crippen molar-refractivity contribution in [2.24, 2.45) is 16.6 Å². The summed E-state index contributed by atoms with van der Waals surface area (Å²) in [5.41, 5.74) is 7.98. The number of rotatable bonds is 8. The fraction of sp³-hybridized carbons (Fsp3) is 0.227. The number of aliphatic imine (C=N–C) groups is 1. The van der Waals surface area contributed by atoms with E-state index in [9.17, 15) is 9.18 Å². The zero-order valence-corrected chi connectivity index (χ0v) is 19.4. The van der Waals surface area contributed by atoms with Gasteiger partial charge in [-0.3, -0.25) is 9.79 Å². The summed E-state index contributed by atoms with van der Waals surface area (Å²) < 4.78 is 18.6. The van der Waals surface area contributed by atoms with Crippen molar-refractivity contribution in [3.8, 4) is 11.5 Å². The molecule has 0 bridgehead atoms. The number of nitrogens with one attached hydrogen (secondary N) is 2. The zero-order valence-electron chi connectivity index (χ0n) is 17.0. The van der Waals surface area contributed by atoms with Crippen LogP contribution in [0, 0.1) is 11.7 Å². The van der Waals surface area contributed by atoms with Crippen molar-refractivity contribution in [2.75, 3.05) is 13.6 Å². The van der Waals surface area contributed by atoms with Crippen LogP contribution in [-0.4, -0.2) is 30.4 Å². The molecule has 0 radical (unpaired) electrons. The third-order valence-electron chi connectivity index (χ3n) is 4.55. The van der Waals surface area contributed by atoms with Gasteiger partial charge >= 0.3 is 0 Å². The predicted molar refractivity (Wildman–Crippen MR) is 128 cm³/mol. The number of primary amides is 1. The van der Waals surface area contributed by atoms with E-state index in [1.165, 1.54) is 12.1 Å². The number of oxazole rings is 1. The Hall–Kier alpha value is -2.95. The molecule has 0 fully saturated rings. The molecular weight excluding hydrogens is 512 g/mol. The van der Waals surface area contributed by atoms with Crippen molar-refractivity contribution >= 4 is 35.8 Å². The quantitative estimate of drug-likeness (QED) is 0.233. The Morgan fingerprint density at radius 3 is 2.52 bits per heavy atom. The van der Waals surface area contributed by atoms with E-state index in [1.54, 1.807) is 25.4 Å². The molecule has 0 aliphatic heterocycles. The topological polar surface area (TPSA) is 106 Å².